The molecule has 2 aromatic heterocycles. The summed E-state index contributed by atoms with van der Waals surface area (Å²) in [5.41, 5.74) is 2.32. The van der Waals surface area contributed by atoms with Crippen LogP contribution in [0.15, 0.2) is 41.7 Å². The number of alkyl halides is 6. The first-order chi connectivity index (χ1) is 10.7. The standard InChI is InChI=1S/C13H8I6N4/c14-12(15,16)8-1-3-10(20-5-8)22-7-23-11-4-2-9(6-21-11)13(17,18)19/h1-7H,(H,20,21,22,23). The lowest BCUT2D eigenvalue weighted by Gasteiger charge is -2.12. The molecule has 0 aliphatic rings. The summed E-state index contributed by atoms with van der Waals surface area (Å²) in [7, 11) is 0. The lowest BCUT2D eigenvalue weighted by molar-refractivity contribution is 1.22. The van der Waals surface area contributed by atoms with Crippen molar-refractivity contribution in [1.82, 2.24) is 9.97 Å². The number of nitrogens with one attached hydrogen (secondary N) is 1. The number of anilines is 1. The zero-order valence-electron chi connectivity index (χ0n) is 11.2. The van der Waals surface area contributed by atoms with Gasteiger partial charge in [-0.2, -0.15) is 0 Å². The fraction of sp³-hybridized carbons (Fsp3) is 0.154. The number of pyridine rings is 2. The molecule has 2 rings (SSSR count). The Bertz CT molecular complexity index is 674. The Hall–Kier alpha value is 2.15. The van der Waals surface area contributed by atoms with E-state index in [0.29, 0.717) is 5.82 Å². The highest BCUT2D eigenvalue weighted by Crippen LogP contribution is 2.46. The van der Waals surface area contributed by atoms with E-state index in [1.807, 2.05) is 30.6 Å². The van der Waals surface area contributed by atoms with E-state index in [-0.39, 0.29) is -1.13 Å². The molecule has 1 N–H and O–H groups in total. The molecule has 2 heterocycles. The molecule has 0 spiro atoms. The molecule has 0 saturated heterocycles. The molecule has 0 aromatic carbocycles. The predicted molar refractivity (Wildman–Crippen MR) is 148 cm³/mol. The molecule has 0 fully saturated rings. The molecule has 23 heavy (non-hydrogen) atoms. The van der Waals surface area contributed by atoms with Gasteiger partial charge in [-0.1, -0.05) is 12.1 Å². The van der Waals surface area contributed by atoms with E-state index >= 15 is 0 Å². The fourth-order valence-corrected chi connectivity index (χ4v) is 3.36. The summed E-state index contributed by atoms with van der Waals surface area (Å²) in [4.78, 5) is 13.0. The van der Waals surface area contributed by atoms with Gasteiger partial charge in [0.25, 0.3) is 0 Å². The third-order valence-corrected chi connectivity index (χ3v) is 6.31. The monoisotopic (exact) mass is 982 g/mol. The van der Waals surface area contributed by atoms with Crippen LogP contribution in [0.1, 0.15) is 11.1 Å². The number of hydrogen-bond donors (Lipinski definition) is 1. The van der Waals surface area contributed by atoms with Gasteiger partial charge in [-0.3, -0.25) is 0 Å². The third-order valence-electron chi connectivity index (χ3n) is 2.58. The second-order valence-corrected chi connectivity index (χ2v) is 26.3. The lowest BCUT2D eigenvalue weighted by atomic mass is 10.3. The highest BCUT2D eigenvalue weighted by molar-refractivity contribution is 14.3. The summed E-state index contributed by atoms with van der Waals surface area (Å²) in [5.74, 6) is 1.42. The van der Waals surface area contributed by atoms with Crippen LogP contribution in [0.3, 0.4) is 0 Å². The van der Waals surface area contributed by atoms with Crippen LogP contribution in [-0.2, 0) is -1.13 Å². The Morgan fingerprint density at radius 1 is 0.826 bits per heavy atom. The summed E-state index contributed by atoms with van der Waals surface area (Å²) < 4.78 is 0.0292. The van der Waals surface area contributed by atoms with E-state index in [0.717, 1.165) is 11.4 Å². The summed E-state index contributed by atoms with van der Waals surface area (Å²) in [5, 5.41) is 3.06. The highest BCUT2D eigenvalue weighted by atomic mass is 127. The fourth-order valence-electron chi connectivity index (χ4n) is 1.44. The molecule has 0 aliphatic heterocycles. The molecule has 0 saturated carbocycles. The van der Waals surface area contributed by atoms with Gasteiger partial charge in [0.05, 0.1) is 6.34 Å². The molecule has 0 aliphatic carbocycles. The Morgan fingerprint density at radius 3 is 1.83 bits per heavy atom. The number of hydrogen-bond acceptors (Lipinski definition) is 3. The first-order valence-corrected chi connectivity index (χ1v) is 12.5. The molecule has 0 atom stereocenters. The summed E-state index contributed by atoms with van der Waals surface area (Å²) in [6.45, 7) is 0. The van der Waals surface area contributed by atoms with Gasteiger partial charge in [0.2, 0.25) is 0 Å². The van der Waals surface area contributed by atoms with E-state index in [2.05, 4.69) is 162 Å². The largest absolute Gasteiger partial charge is 0.331 e. The van der Waals surface area contributed by atoms with Crippen molar-refractivity contribution in [2.24, 2.45) is 4.99 Å². The number of halogens is 6. The van der Waals surface area contributed by atoms with E-state index in [4.69, 9.17) is 0 Å². The van der Waals surface area contributed by atoms with E-state index in [9.17, 15) is 0 Å². The van der Waals surface area contributed by atoms with Crippen LogP contribution in [0.4, 0.5) is 11.6 Å². The number of rotatable bonds is 5. The van der Waals surface area contributed by atoms with Crippen LogP contribution in [0.25, 0.3) is 0 Å². The number of nitrogens with zero attached hydrogens (tertiary/aromatic N) is 3. The average Bonchev–Trinajstić information content (AvgIpc) is 2.46. The smallest absolute Gasteiger partial charge is 0.153 e. The van der Waals surface area contributed by atoms with Crippen molar-refractivity contribution < 1.29 is 0 Å². The molecule has 0 amide bonds. The van der Waals surface area contributed by atoms with Gasteiger partial charge in [0.1, 0.15) is 5.82 Å². The minimum atomic E-state index is 0.0116. The normalized spacial score (nSPS) is 12.6. The van der Waals surface area contributed by atoms with Crippen molar-refractivity contribution in [3.05, 3.63) is 47.8 Å². The summed E-state index contributed by atoms with van der Waals surface area (Å²) in [6, 6.07) is 7.95. The predicted octanol–water partition coefficient (Wildman–Crippen LogP) is 7.08. The van der Waals surface area contributed by atoms with Gasteiger partial charge in [-0.05, 0) is 148 Å². The molecule has 0 unspecified atom stereocenters. The third kappa shape index (κ3) is 7.35. The molecule has 2 aromatic rings. The van der Waals surface area contributed by atoms with Crippen molar-refractivity contribution in [2.75, 3.05) is 5.32 Å². The minimum Gasteiger partial charge on any atom is -0.331 e. The first-order valence-electron chi connectivity index (χ1n) is 6.02. The van der Waals surface area contributed by atoms with Crippen LogP contribution < -0.4 is 5.32 Å². The van der Waals surface area contributed by atoms with Gasteiger partial charge >= 0.3 is 0 Å². The van der Waals surface area contributed by atoms with Crippen LogP contribution in [0.5, 0.6) is 0 Å². The molecule has 4 nitrogen and oxygen atoms in total. The number of aromatic nitrogens is 2. The van der Waals surface area contributed by atoms with Gasteiger partial charge in [0, 0.05) is 23.5 Å². The van der Waals surface area contributed by atoms with Crippen molar-refractivity contribution in [3.8, 4) is 0 Å². The second kappa shape index (κ2) is 9.38. The van der Waals surface area contributed by atoms with E-state index < -0.39 is 0 Å². The van der Waals surface area contributed by atoms with Crippen molar-refractivity contribution in [1.29, 1.82) is 0 Å². The maximum Gasteiger partial charge on any atom is 0.153 e. The average molecular weight is 982 g/mol. The highest BCUT2D eigenvalue weighted by Gasteiger charge is 2.21. The maximum absolute atomic E-state index is 4.38. The lowest BCUT2D eigenvalue weighted by Crippen LogP contribution is -2.01. The van der Waals surface area contributed by atoms with Gasteiger partial charge in [0.15, 0.2) is 4.69 Å². The van der Waals surface area contributed by atoms with E-state index in [1.165, 1.54) is 5.56 Å². The zero-order chi connectivity index (χ0) is 17.1. The second-order valence-electron chi connectivity index (χ2n) is 4.24. The SMILES string of the molecule is IC(I)(I)c1ccc(N=CNc2ccc(C(I)(I)I)cn2)nc1. The zero-order valence-corrected chi connectivity index (χ0v) is 24.1. The van der Waals surface area contributed by atoms with Crippen molar-refractivity contribution in [2.45, 2.75) is -1.13 Å². The Kier molecular flexibility index (Phi) is 8.75. The van der Waals surface area contributed by atoms with Crippen LogP contribution in [0.2, 0.25) is 0 Å². The number of aliphatic imine (C=N–C) groups is 1. The topological polar surface area (TPSA) is 50.2 Å². The Morgan fingerprint density at radius 2 is 1.39 bits per heavy atom. The molecular weight excluding hydrogens is 974 g/mol. The molecule has 10 heteroatoms. The Balaban J connectivity index is 1.99. The summed E-state index contributed by atoms with van der Waals surface area (Å²) >= 11 is 14.2. The van der Waals surface area contributed by atoms with E-state index in [1.54, 1.807) is 6.34 Å². The first kappa shape index (κ1) is 21.5. The van der Waals surface area contributed by atoms with Crippen molar-refractivity contribution in [3.63, 3.8) is 0 Å². The minimum absolute atomic E-state index is 0.0116. The van der Waals surface area contributed by atoms with Gasteiger partial charge in [-0.25, -0.2) is 15.0 Å². The van der Waals surface area contributed by atoms with Gasteiger partial charge in [-0.15, -0.1) is 0 Å². The molecule has 122 valence electrons. The summed E-state index contributed by atoms with van der Waals surface area (Å²) in [6.07, 6.45) is 5.34. The van der Waals surface area contributed by atoms with Gasteiger partial charge < -0.3 is 5.32 Å². The Labute approximate surface area is 216 Å². The van der Waals surface area contributed by atoms with Crippen LogP contribution in [0, 0.1) is 0 Å². The quantitative estimate of drug-likeness (QED) is 0.151. The molecule has 0 bridgehead atoms. The van der Waals surface area contributed by atoms with Crippen LogP contribution >= 0.6 is 136 Å². The van der Waals surface area contributed by atoms with Crippen molar-refractivity contribution >= 4 is 154 Å². The van der Waals surface area contributed by atoms with Crippen LogP contribution in [-0.4, -0.2) is 16.3 Å². The molecular formula is C13H8I6N4. The maximum atomic E-state index is 4.38. The molecule has 0 radical (unpaired) electrons.